The number of nitrogens with one attached hydrogen (secondary N) is 1. The number of hydrogen-bond acceptors (Lipinski definition) is 4. The second-order valence-electron chi connectivity index (χ2n) is 3.97. The molecule has 6 heteroatoms. The number of rotatable bonds is 1. The van der Waals surface area contributed by atoms with Crippen LogP contribution in [0.2, 0.25) is 0 Å². The van der Waals surface area contributed by atoms with Gasteiger partial charge >= 0.3 is 11.6 Å². The van der Waals surface area contributed by atoms with E-state index in [0.717, 1.165) is 6.20 Å². The normalized spacial score (nSPS) is 10.9. The zero-order chi connectivity index (χ0) is 13.6. The molecule has 2 heterocycles. The van der Waals surface area contributed by atoms with Crippen LogP contribution in [0.1, 0.15) is 10.4 Å². The predicted molar refractivity (Wildman–Crippen MR) is 67.6 cm³/mol. The Labute approximate surface area is 104 Å². The van der Waals surface area contributed by atoms with Crippen LogP contribution in [0.4, 0.5) is 0 Å². The average molecular weight is 257 g/mol. The Bertz CT molecular complexity index is 935. The van der Waals surface area contributed by atoms with Gasteiger partial charge in [0.25, 0.3) is 0 Å². The summed E-state index contributed by atoms with van der Waals surface area (Å²) in [5.41, 5.74) is -1.61. The molecule has 0 fully saturated rings. The van der Waals surface area contributed by atoms with E-state index in [1.807, 2.05) is 0 Å². The predicted octanol–water partition coefficient (Wildman–Crippen LogP) is 1.33. The molecular formula is C13H7NO5. The summed E-state index contributed by atoms with van der Waals surface area (Å²) < 4.78 is 5.06. The summed E-state index contributed by atoms with van der Waals surface area (Å²) in [5, 5.41) is 9.38. The number of aromatic amines is 1. The molecule has 0 bridgehead atoms. The lowest BCUT2D eigenvalue weighted by atomic mass is 10.1. The fraction of sp³-hybridized carbons (Fsp3) is 0. The maximum Gasteiger partial charge on any atom is 0.360 e. The van der Waals surface area contributed by atoms with E-state index in [-0.39, 0.29) is 16.5 Å². The SMILES string of the molecule is O=C(O)c1c[nH]c2c(=O)oc3ccccc3c2c1=O. The number of para-hydroxylation sites is 1. The van der Waals surface area contributed by atoms with Crippen LogP contribution in [-0.4, -0.2) is 16.1 Å². The van der Waals surface area contributed by atoms with Crippen molar-refractivity contribution >= 4 is 27.8 Å². The van der Waals surface area contributed by atoms with Gasteiger partial charge < -0.3 is 14.5 Å². The van der Waals surface area contributed by atoms with Gasteiger partial charge in [-0.15, -0.1) is 0 Å². The number of fused-ring (bicyclic) bond motifs is 3. The number of pyridine rings is 1. The third-order valence-electron chi connectivity index (χ3n) is 2.88. The highest BCUT2D eigenvalue weighted by molar-refractivity contribution is 6.04. The molecule has 1 aromatic carbocycles. The minimum Gasteiger partial charge on any atom is -0.477 e. The molecule has 0 aliphatic heterocycles. The van der Waals surface area contributed by atoms with Crippen molar-refractivity contribution in [3.63, 3.8) is 0 Å². The van der Waals surface area contributed by atoms with Gasteiger partial charge in [0.15, 0.2) is 0 Å². The maximum absolute atomic E-state index is 12.2. The van der Waals surface area contributed by atoms with E-state index in [4.69, 9.17) is 9.52 Å². The van der Waals surface area contributed by atoms with Crippen molar-refractivity contribution in [3.8, 4) is 0 Å². The Kier molecular flexibility index (Phi) is 2.25. The molecule has 0 radical (unpaired) electrons. The standard InChI is InChI=1S/C13H7NO5/c15-11-7(12(16)17)5-14-10-9(11)6-3-1-2-4-8(6)19-13(10)18/h1-5H,(H,14,15)(H,16,17). The molecule has 3 rings (SSSR count). The van der Waals surface area contributed by atoms with Crippen LogP contribution in [0, 0.1) is 0 Å². The lowest BCUT2D eigenvalue weighted by Gasteiger charge is -2.02. The van der Waals surface area contributed by atoms with Crippen molar-refractivity contribution < 1.29 is 14.3 Å². The molecule has 0 saturated heterocycles. The molecule has 0 atom stereocenters. The van der Waals surface area contributed by atoms with E-state index in [2.05, 4.69) is 4.98 Å². The van der Waals surface area contributed by atoms with Crippen molar-refractivity contribution in [1.29, 1.82) is 0 Å². The number of carboxylic acid groups (broad SMARTS) is 1. The van der Waals surface area contributed by atoms with Crippen LogP contribution >= 0.6 is 0 Å². The molecule has 0 unspecified atom stereocenters. The molecule has 3 aromatic rings. The first-order valence-electron chi connectivity index (χ1n) is 5.40. The molecule has 6 nitrogen and oxygen atoms in total. The van der Waals surface area contributed by atoms with Gasteiger partial charge in [-0.2, -0.15) is 0 Å². The Balaban J connectivity index is 2.68. The molecule has 0 aliphatic carbocycles. The van der Waals surface area contributed by atoms with Gasteiger partial charge in [-0.05, 0) is 6.07 Å². The van der Waals surface area contributed by atoms with Crippen molar-refractivity contribution in [1.82, 2.24) is 4.98 Å². The number of aromatic nitrogens is 1. The summed E-state index contributed by atoms with van der Waals surface area (Å²) in [6.45, 7) is 0. The molecule has 94 valence electrons. The monoisotopic (exact) mass is 257 g/mol. The van der Waals surface area contributed by atoms with Gasteiger partial charge in [-0.25, -0.2) is 9.59 Å². The largest absolute Gasteiger partial charge is 0.477 e. The fourth-order valence-corrected chi connectivity index (χ4v) is 2.02. The number of hydrogen-bond donors (Lipinski definition) is 2. The Morgan fingerprint density at radius 2 is 1.95 bits per heavy atom. The second-order valence-corrected chi connectivity index (χ2v) is 3.97. The Morgan fingerprint density at radius 3 is 2.68 bits per heavy atom. The summed E-state index contributed by atoms with van der Waals surface area (Å²) in [5.74, 6) is -1.35. The van der Waals surface area contributed by atoms with Crippen LogP contribution in [0.15, 0.2) is 44.5 Å². The highest BCUT2D eigenvalue weighted by atomic mass is 16.4. The molecule has 0 saturated carbocycles. The Morgan fingerprint density at radius 1 is 1.21 bits per heavy atom. The summed E-state index contributed by atoms with van der Waals surface area (Å²) in [7, 11) is 0. The summed E-state index contributed by atoms with van der Waals surface area (Å²) in [6.07, 6.45) is 0.999. The van der Waals surface area contributed by atoms with Gasteiger partial charge in [0.05, 0.1) is 5.39 Å². The summed E-state index contributed by atoms with van der Waals surface area (Å²) in [4.78, 5) is 37.4. The number of aromatic carboxylic acids is 1. The average Bonchev–Trinajstić information content (AvgIpc) is 2.38. The summed E-state index contributed by atoms with van der Waals surface area (Å²) >= 11 is 0. The van der Waals surface area contributed by atoms with E-state index in [0.29, 0.717) is 5.39 Å². The molecule has 0 amide bonds. The van der Waals surface area contributed by atoms with Crippen LogP contribution in [0.5, 0.6) is 0 Å². The van der Waals surface area contributed by atoms with Gasteiger partial charge in [-0.1, -0.05) is 18.2 Å². The van der Waals surface area contributed by atoms with Gasteiger partial charge in [0.2, 0.25) is 5.43 Å². The molecule has 0 aliphatic rings. The number of carbonyl (C=O) groups is 1. The molecule has 0 spiro atoms. The molecule has 2 aromatic heterocycles. The van der Waals surface area contributed by atoms with E-state index in [1.165, 1.54) is 0 Å². The smallest absolute Gasteiger partial charge is 0.360 e. The second kappa shape index (κ2) is 3.81. The van der Waals surface area contributed by atoms with Crippen LogP contribution in [0.3, 0.4) is 0 Å². The van der Waals surface area contributed by atoms with E-state index >= 15 is 0 Å². The minimum atomic E-state index is -1.35. The third-order valence-corrected chi connectivity index (χ3v) is 2.88. The highest BCUT2D eigenvalue weighted by Crippen LogP contribution is 2.18. The van der Waals surface area contributed by atoms with Gasteiger partial charge in [0, 0.05) is 11.6 Å². The van der Waals surface area contributed by atoms with Crippen molar-refractivity contribution in [2.45, 2.75) is 0 Å². The van der Waals surface area contributed by atoms with Gasteiger partial charge in [-0.3, -0.25) is 4.79 Å². The lowest BCUT2D eigenvalue weighted by Crippen LogP contribution is -2.18. The zero-order valence-electron chi connectivity index (χ0n) is 9.47. The summed E-state index contributed by atoms with van der Waals surface area (Å²) in [6, 6.07) is 6.48. The zero-order valence-corrected chi connectivity index (χ0v) is 9.47. The van der Waals surface area contributed by atoms with E-state index in [1.54, 1.807) is 24.3 Å². The number of benzene rings is 1. The Hall–Kier alpha value is -2.89. The first-order chi connectivity index (χ1) is 9.09. The highest BCUT2D eigenvalue weighted by Gasteiger charge is 2.16. The minimum absolute atomic E-state index is 0.0336. The third kappa shape index (κ3) is 1.54. The molecular weight excluding hydrogens is 250 g/mol. The molecule has 19 heavy (non-hydrogen) atoms. The fourth-order valence-electron chi connectivity index (χ4n) is 2.02. The van der Waals surface area contributed by atoms with Crippen LogP contribution in [0.25, 0.3) is 21.9 Å². The van der Waals surface area contributed by atoms with Crippen LogP contribution < -0.4 is 11.1 Å². The number of H-pyrrole nitrogens is 1. The van der Waals surface area contributed by atoms with Crippen LogP contribution in [-0.2, 0) is 0 Å². The maximum atomic E-state index is 12.2. The lowest BCUT2D eigenvalue weighted by molar-refractivity contribution is 0.0695. The molecule has 2 N–H and O–H groups in total. The van der Waals surface area contributed by atoms with E-state index < -0.39 is 22.6 Å². The van der Waals surface area contributed by atoms with Crippen molar-refractivity contribution in [2.75, 3.05) is 0 Å². The topological polar surface area (TPSA) is 100 Å². The quantitative estimate of drug-likeness (QED) is 0.506. The first-order valence-corrected chi connectivity index (χ1v) is 5.40. The van der Waals surface area contributed by atoms with Gasteiger partial charge in [0.1, 0.15) is 16.7 Å². The first kappa shape index (κ1) is 11.2. The number of carboxylic acids is 1. The van der Waals surface area contributed by atoms with Crippen molar-refractivity contribution in [3.05, 3.63) is 56.7 Å². The van der Waals surface area contributed by atoms with E-state index in [9.17, 15) is 14.4 Å². The van der Waals surface area contributed by atoms with Crippen molar-refractivity contribution in [2.24, 2.45) is 0 Å².